The Morgan fingerprint density at radius 2 is 2.15 bits per heavy atom. The van der Waals surface area contributed by atoms with Crippen molar-refractivity contribution in [3.05, 3.63) is 58.2 Å². The molecule has 0 amide bonds. The molecule has 2 N–H and O–H groups in total. The summed E-state index contributed by atoms with van der Waals surface area (Å²) >= 11 is 0. The molecule has 1 aromatic heterocycles. The lowest BCUT2D eigenvalue weighted by Gasteiger charge is -2.05. The lowest BCUT2D eigenvalue weighted by Crippen LogP contribution is -2.02. The Bertz CT molecular complexity index is 693. The molecule has 1 heterocycles. The van der Waals surface area contributed by atoms with E-state index in [1.807, 2.05) is 0 Å². The number of rotatable bonds is 4. The van der Waals surface area contributed by atoms with Crippen molar-refractivity contribution < 1.29 is 13.5 Å². The molecule has 0 aliphatic heterocycles. The lowest BCUT2D eigenvalue weighted by atomic mass is 10.2. The smallest absolute Gasteiger partial charge is 0.304 e. The van der Waals surface area contributed by atoms with E-state index in [1.54, 1.807) is 0 Å². The molecule has 0 bridgehead atoms. The van der Waals surface area contributed by atoms with Gasteiger partial charge >= 0.3 is 5.69 Å². The number of nitrogens with two attached hydrogens (primary N) is 1. The van der Waals surface area contributed by atoms with Gasteiger partial charge in [0.1, 0.15) is 0 Å². The van der Waals surface area contributed by atoms with Crippen LogP contribution in [0.1, 0.15) is 5.56 Å². The zero-order valence-electron chi connectivity index (χ0n) is 10.2. The van der Waals surface area contributed by atoms with Gasteiger partial charge in [0.05, 0.1) is 38.3 Å². The van der Waals surface area contributed by atoms with E-state index >= 15 is 0 Å². The fourth-order valence-corrected chi connectivity index (χ4v) is 2.78. The van der Waals surface area contributed by atoms with Crippen LogP contribution >= 0.6 is 0 Å². The van der Waals surface area contributed by atoms with Gasteiger partial charge in [-0.05, 0) is 17.7 Å². The van der Waals surface area contributed by atoms with E-state index in [0.29, 0.717) is 10.5 Å². The number of anilines is 1. The predicted molar refractivity (Wildman–Crippen MR) is 71.8 cm³/mol. The molecular formula is C12H10FN3O3S. The topological polar surface area (TPSA) is 99.1 Å². The number of pyridine rings is 1. The van der Waals surface area contributed by atoms with Gasteiger partial charge in [-0.3, -0.25) is 19.3 Å². The average Bonchev–Trinajstić information content (AvgIpc) is 2.38. The molecule has 0 spiro atoms. The molecule has 20 heavy (non-hydrogen) atoms. The Morgan fingerprint density at radius 1 is 1.40 bits per heavy atom. The van der Waals surface area contributed by atoms with E-state index in [0.717, 1.165) is 12.1 Å². The summed E-state index contributed by atoms with van der Waals surface area (Å²) in [6.07, 6.45) is 2.84. The largest absolute Gasteiger partial charge is 0.396 e. The Hall–Kier alpha value is -2.35. The fourth-order valence-electron chi connectivity index (χ4n) is 1.62. The Morgan fingerprint density at radius 3 is 2.75 bits per heavy atom. The molecule has 2 rings (SSSR count). The highest BCUT2D eigenvalue weighted by atomic mass is 32.2. The molecule has 0 fully saturated rings. The van der Waals surface area contributed by atoms with Gasteiger partial charge in [0, 0.05) is 12.3 Å². The highest BCUT2D eigenvalue weighted by molar-refractivity contribution is 7.84. The van der Waals surface area contributed by atoms with Crippen LogP contribution in [0.25, 0.3) is 0 Å². The summed E-state index contributed by atoms with van der Waals surface area (Å²) in [5, 5.41) is 10.5. The molecule has 1 atom stereocenters. The summed E-state index contributed by atoms with van der Waals surface area (Å²) in [6.45, 7) is 0. The molecule has 0 radical (unpaired) electrons. The molecule has 0 saturated heterocycles. The van der Waals surface area contributed by atoms with Crippen molar-refractivity contribution in [3.8, 4) is 0 Å². The first-order valence-electron chi connectivity index (χ1n) is 5.49. The van der Waals surface area contributed by atoms with Crippen molar-refractivity contribution in [2.75, 3.05) is 5.73 Å². The third-order valence-electron chi connectivity index (χ3n) is 2.56. The van der Waals surface area contributed by atoms with Crippen LogP contribution in [-0.4, -0.2) is 14.1 Å². The van der Waals surface area contributed by atoms with E-state index in [2.05, 4.69) is 4.98 Å². The van der Waals surface area contributed by atoms with Gasteiger partial charge < -0.3 is 5.73 Å². The Labute approximate surface area is 116 Å². The Kier molecular flexibility index (Phi) is 4.04. The minimum atomic E-state index is -1.47. The van der Waals surface area contributed by atoms with Crippen molar-refractivity contribution in [3.63, 3.8) is 0 Å². The first-order chi connectivity index (χ1) is 9.49. The van der Waals surface area contributed by atoms with Crippen molar-refractivity contribution >= 4 is 22.2 Å². The first kappa shape index (κ1) is 14.1. The van der Waals surface area contributed by atoms with Crippen LogP contribution in [0.5, 0.6) is 0 Å². The SMILES string of the molecule is Nc1cnccc1S(=O)Cc1ccc([N+](=O)[O-])c(F)c1. The summed E-state index contributed by atoms with van der Waals surface area (Å²) in [7, 11) is -1.47. The number of hydrogen-bond donors (Lipinski definition) is 1. The fraction of sp³-hybridized carbons (Fsp3) is 0.0833. The van der Waals surface area contributed by atoms with Crippen molar-refractivity contribution in [1.82, 2.24) is 4.98 Å². The second-order valence-corrected chi connectivity index (χ2v) is 5.37. The molecule has 0 aliphatic rings. The second-order valence-electron chi connectivity index (χ2n) is 3.95. The number of nitrogen functional groups attached to an aromatic ring is 1. The Balaban J connectivity index is 2.23. The van der Waals surface area contributed by atoms with E-state index < -0.39 is 27.2 Å². The number of hydrogen-bond acceptors (Lipinski definition) is 5. The lowest BCUT2D eigenvalue weighted by molar-refractivity contribution is -0.387. The number of aromatic nitrogens is 1. The van der Waals surface area contributed by atoms with Crippen molar-refractivity contribution in [2.24, 2.45) is 0 Å². The maximum absolute atomic E-state index is 13.5. The quantitative estimate of drug-likeness (QED) is 0.687. The number of halogens is 1. The van der Waals surface area contributed by atoms with E-state index in [4.69, 9.17) is 5.73 Å². The van der Waals surface area contributed by atoms with Crippen LogP contribution in [0.3, 0.4) is 0 Å². The first-order valence-corrected chi connectivity index (χ1v) is 6.81. The maximum atomic E-state index is 13.5. The van der Waals surface area contributed by atoms with Gasteiger partial charge in [-0.2, -0.15) is 4.39 Å². The molecule has 1 unspecified atom stereocenters. The van der Waals surface area contributed by atoms with Gasteiger partial charge in [-0.1, -0.05) is 6.07 Å². The van der Waals surface area contributed by atoms with Crippen LogP contribution in [0.2, 0.25) is 0 Å². The third-order valence-corrected chi connectivity index (χ3v) is 4.02. The predicted octanol–water partition coefficient (Wildman–Crippen LogP) is 2.02. The normalized spacial score (nSPS) is 12.1. The van der Waals surface area contributed by atoms with Gasteiger partial charge in [-0.15, -0.1) is 0 Å². The number of benzene rings is 1. The summed E-state index contributed by atoms with van der Waals surface area (Å²) in [5.41, 5.74) is 5.72. The third kappa shape index (κ3) is 2.97. The second kappa shape index (κ2) is 5.74. The minimum Gasteiger partial charge on any atom is -0.396 e. The molecule has 104 valence electrons. The van der Waals surface area contributed by atoms with E-state index in [1.165, 1.54) is 24.5 Å². The van der Waals surface area contributed by atoms with Gasteiger partial charge in [-0.25, -0.2) is 0 Å². The molecule has 1 aromatic carbocycles. The van der Waals surface area contributed by atoms with Gasteiger partial charge in [0.25, 0.3) is 0 Å². The van der Waals surface area contributed by atoms with Crippen LogP contribution in [-0.2, 0) is 16.6 Å². The minimum absolute atomic E-state index is 0.0170. The van der Waals surface area contributed by atoms with E-state index in [9.17, 15) is 18.7 Å². The number of nitrogens with zero attached hydrogens (tertiary/aromatic N) is 2. The zero-order valence-corrected chi connectivity index (χ0v) is 11.0. The van der Waals surface area contributed by atoms with E-state index in [-0.39, 0.29) is 11.4 Å². The number of nitro benzene ring substituents is 1. The van der Waals surface area contributed by atoms with Crippen LogP contribution in [0.4, 0.5) is 15.8 Å². The maximum Gasteiger partial charge on any atom is 0.304 e. The highest BCUT2D eigenvalue weighted by Gasteiger charge is 2.15. The van der Waals surface area contributed by atoms with Gasteiger partial charge in [0.2, 0.25) is 5.82 Å². The molecular weight excluding hydrogens is 285 g/mol. The number of nitro groups is 1. The molecule has 0 saturated carbocycles. The van der Waals surface area contributed by atoms with Crippen LogP contribution < -0.4 is 5.73 Å². The monoisotopic (exact) mass is 295 g/mol. The highest BCUT2D eigenvalue weighted by Crippen LogP contribution is 2.21. The van der Waals surface area contributed by atoms with Gasteiger partial charge in [0.15, 0.2) is 0 Å². The summed E-state index contributed by atoms with van der Waals surface area (Å²) in [4.78, 5) is 13.9. The zero-order chi connectivity index (χ0) is 14.7. The van der Waals surface area contributed by atoms with Crippen LogP contribution in [0, 0.1) is 15.9 Å². The molecule has 2 aromatic rings. The summed E-state index contributed by atoms with van der Waals surface area (Å²) in [5.74, 6) is -0.935. The van der Waals surface area contributed by atoms with Crippen molar-refractivity contribution in [2.45, 2.75) is 10.6 Å². The standard InChI is InChI=1S/C12H10FN3O3S/c13-9-5-8(1-2-11(9)16(17)18)7-20(19)12-3-4-15-6-10(12)14/h1-6H,7,14H2. The molecule has 6 nitrogen and oxygen atoms in total. The average molecular weight is 295 g/mol. The molecule has 8 heteroatoms. The summed E-state index contributed by atoms with van der Waals surface area (Å²) in [6, 6.07) is 4.95. The summed E-state index contributed by atoms with van der Waals surface area (Å²) < 4.78 is 25.6. The molecule has 0 aliphatic carbocycles. The van der Waals surface area contributed by atoms with Crippen molar-refractivity contribution in [1.29, 1.82) is 0 Å². The van der Waals surface area contributed by atoms with Crippen LogP contribution in [0.15, 0.2) is 41.6 Å².